The highest BCUT2D eigenvalue weighted by Crippen LogP contribution is 2.69. The van der Waals surface area contributed by atoms with Crippen LogP contribution in [0.4, 0.5) is 11.4 Å². The first-order valence-electron chi connectivity index (χ1n) is 11.0. The minimum Gasteiger partial charge on any atom is -0.379 e. The second-order valence-electron chi connectivity index (χ2n) is 8.08. The smallest absolute Gasteiger partial charge is 0.284 e. The summed E-state index contributed by atoms with van der Waals surface area (Å²) in [6.45, 7) is 4.26. The molecule has 0 spiro atoms. The standard InChI is InChI=1S/C25H27BrN3O2P/c26-22-13-11-21(12-14-22)25(27-17-19-31-20-18-27)32(30)28(23-7-3-1-4-8-23)15-16-29(32)24-9-5-2-6-10-24/h1-14,25H,15-20H2/t25-/m0/s1. The first-order valence-corrected chi connectivity index (χ1v) is 13.5. The lowest BCUT2D eigenvalue weighted by Crippen LogP contribution is -2.42. The van der Waals surface area contributed by atoms with Crippen LogP contribution in [0.15, 0.2) is 89.4 Å². The van der Waals surface area contributed by atoms with Gasteiger partial charge in [-0.3, -0.25) is 9.46 Å². The molecular weight excluding hydrogens is 485 g/mol. The van der Waals surface area contributed by atoms with E-state index < -0.39 is 7.44 Å². The van der Waals surface area contributed by atoms with Gasteiger partial charge in [-0.1, -0.05) is 64.5 Å². The number of nitrogens with zero attached hydrogens (tertiary/aromatic N) is 3. The Morgan fingerprint density at radius 1 is 0.719 bits per heavy atom. The van der Waals surface area contributed by atoms with E-state index in [0.29, 0.717) is 26.3 Å². The summed E-state index contributed by atoms with van der Waals surface area (Å²) in [5.41, 5.74) is 3.08. The van der Waals surface area contributed by atoms with Crippen LogP contribution < -0.4 is 9.34 Å². The Bertz CT molecular complexity index is 1020. The fourth-order valence-electron chi connectivity index (χ4n) is 4.73. The van der Waals surface area contributed by atoms with Crippen LogP contribution in [0, 0.1) is 0 Å². The molecule has 3 aromatic carbocycles. The summed E-state index contributed by atoms with van der Waals surface area (Å²) in [6, 6.07) is 28.7. The average molecular weight is 512 g/mol. The van der Waals surface area contributed by atoms with E-state index in [1.54, 1.807) is 0 Å². The molecule has 0 bridgehead atoms. The zero-order valence-electron chi connectivity index (χ0n) is 17.9. The molecule has 2 aliphatic rings. The van der Waals surface area contributed by atoms with Crippen molar-refractivity contribution >= 4 is 34.7 Å². The third-order valence-electron chi connectivity index (χ3n) is 6.20. The van der Waals surface area contributed by atoms with Gasteiger partial charge in [0.15, 0.2) is 0 Å². The summed E-state index contributed by atoms with van der Waals surface area (Å²) >= 11 is 3.56. The van der Waals surface area contributed by atoms with Gasteiger partial charge in [-0.15, -0.1) is 0 Å². The van der Waals surface area contributed by atoms with Crippen molar-refractivity contribution in [2.45, 2.75) is 5.78 Å². The zero-order chi connectivity index (χ0) is 22.0. The van der Waals surface area contributed by atoms with Crippen molar-refractivity contribution in [3.8, 4) is 0 Å². The Kier molecular flexibility index (Phi) is 6.38. The Labute approximate surface area is 198 Å². The van der Waals surface area contributed by atoms with Gasteiger partial charge in [0.05, 0.1) is 13.2 Å². The quantitative estimate of drug-likeness (QED) is 0.392. The number of hydrogen-bond donors (Lipinski definition) is 0. The molecule has 3 aromatic rings. The van der Waals surface area contributed by atoms with Gasteiger partial charge in [0, 0.05) is 42.0 Å². The fraction of sp³-hybridized carbons (Fsp3) is 0.280. The molecule has 32 heavy (non-hydrogen) atoms. The lowest BCUT2D eigenvalue weighted by atomic mass is 10.2. The zero-order valence-corrected chi connectivity index (χ0v) is 20.4. The molecule has 166 valence electrons. The Morgan fingerprint density at radius 2 is 1.22 bits per heavy atom. The lowest BCUT2D eigenvalue weighted by molar-refractivity contribution is 0.0303. The maximum Gasteiger partial charge on any atom is 0.284 e. The van der Waals surface area contributed by atoms with Crippen LogP contribution >= 0.6 is 23.4 Å². The molecule has 7 heteroatoms. The summed E-state index contributed by atoms with van der Waals surface area (Å²) in [7, 11) is -3.13. The summed E-state index contributed by atoms with van der Waals surface area (Å²) in [4.78, 5) is 2.35. The number of ether oxygens (including phenoxy) is 1. The topological polar surface area (TPSA) is 36.0 Å². The Hall–Kier alpha value is -2.11. The fourth-order valence-corrected chi connectivity index (χ4v) is 8.68. The lowest BCUT2D eigenvalue weighted by Gasteiger charge is -2.44. The number of para-hydroxylation sites is 2. The summed E-state index contributed by atoms with van der Waals surface area (Å²) in [5.74, 6) is -0.262. The molecule has 0 amide bonds. The monoisotopic (exact) mass is 511 g/mol. The first-order chi connectivity index (χ1) is 15.7. The second-order valence-corrected chi connectivity index (χ2v) is 11.6. The number of anilines is 2. The van der Waals surface area contributed by atoms with Crippen molar-refractivity contribution in [2.24, 2.45) is 0 Å². The number of hydrogen-bond acceptors (Lipinski definition) is 3. The second kappa shape index (κ2) is 9.40. The molecule has 0 unspecified atom stereocenters. The largest absolute Gasteiger partial charge is 0.379 e. The van der Waals surface area contributed by atoms with Crippen LogP contribution in [-0.4, -0.2) is 44.3 Å². The molecule has 5 nitrogen and oxygen atoms in total. The van der Waals surface area contributed by atoms with Crippen LogP contribution in [0.3, 0.4) is 0 Å². The predicted octanol–water partition coefficient (Wildman–Crippen LogP) is 6.00. The summed E-state index contributed by atoms with van der Waals surface area (Å²) < 4.78 is 26.5. The maximum absolute atomic E-state index is 15.5. The van der Waals surface area contributed by atoms with E-state index in [2.05, 4.69) is 66.6 Å². The van der Waals surface area contributed by atoms with E-state index in [0.717, 1.165) is 34.5 Å². The van der Waals surface area contributed by atoms with E-state index in [-0.39, 0.29) is 5.78 Å². The summed E-state index contributed by atoms with van der Waals surface area (Å²) in [6.07, 6.45) is 0. The van der Waals surface area contributed by atoms with Crippen molar-refractivity contribution in [1.82, 2.24) is 4.90 Å². The van der Waals surface area contributed by atoms with Crippen molar-refractivity contribution in [3.05, 3.63) is 95.0 Å². The molecule has 0 N–H and O–H groups in total. The van der Waals surface area contributed by atoms with Crippen LogP contribution in [0.1, 0.15) is 11.3 Å². The van der Waals surface area contributed by atoms with Gasteiger partial charge in [0.1, 0.15) is 5.78 Å². The highest BCUT2D eigenvalue weighted by Gasteiger charge is 2.52. The van der Waals surface area contributed by atoms with Gasteiger partial charge in [0.2, 0.25) is 0 Å². The number of benzene rings is 3. The minimum atomic E-state index is -3.13. The molecule has 2 fully saturated rings. The van der Waals surface area contributed by atoms with E-state index in [1.165, 1.54) is 0 Å². The summed E-state index contributed by atoms with van der Waals surface area (Å²) in [5, 5.41) is 0. The van der Waals surface area contributed by atoms with Crippen LogP contribution in [0.2, 0.25) is 0 Å². The Balaban J connectivity index is 1.68. The van der Waals surface area contributed by atoms with Gasteiger partial charge in [-0.05, 0) is 42.0 Å². The molecule has 2 heterocycles. The third-order valence-corrected chi connectivity index (χ3v) is 10.2. The predicted molar refractivity (Wildman–Crippen MR) is 134 cm³/mol. The van der Waals surface area contributed by atoms with Crippen LogP contribution in [0.5, 0.6) is 0 Å². The SMILES string of the molecule is O=P1([C@@H](c2ccc(Br)cc2)N2CCOCC2)N(c2ccccc2)CCN1c1ccccc1. The molecule has 0 aliphatic carbocycles. The third kappa shape index (κ3) is 4.01. The highest BCUT2D eigenvalue weighted by atomic mass is 79.9. The van der Waals surface area contributed by atoms with Gasteiger partial charge < -0.3 is 14.1 Å². The molecule has 2 saturated heterocycles. The van der Waals surface area contributed by atoms with Crippen molar-refractivity contribution in [2.75, 3.05) is 48.7 Å². The molecule has 0 radical (unpaired) electrons. The molecular formula is C25H27BrN3O2P. The van der Waals surface area contributed by atoms with Crippen LogP contribution in [0.25, 0.3) is 0 Å². The van der Waals surface area contributed by atoms with Gasteiger partial charge in [0.25, 0.3) is 7.44 Å². The van der Waals surface area contributed by atoms with E-state index in [1.807, 2.05) is 48.5 Å². The van der Waals surface area contributed by atoms with Gasteiger partial charge in [-0.2, -0.15) is 0 Å². The molecule has 0 saturated carbocycles. The molecule has 5 rings (SSSR count). The van der Waals surface area contributed by atoms with Crippen molar-refractivity contribution < 1.29 is 9.30 Å². The van der Waals surface area contributed by atoms with E-state index in [4.69, 9.17) is 4.74 Å². The normalized spacial score (nSPS) is 19.8. The number of halogens is 1. The minimum absolute atomic E-state index is 0.262. The number of rotatable bonds is 5. The van der Waals surface area contributed by atoms with Crippen molar-refractivity contribution in [1.29, 1.82) is 0 Å². The van der Waals surface area contributed by atoms with Crippen LogP contribution in [-0.2, 0) is 9.30 Å². The average Bonchev–Trinajstić information content (AvgIpc) is 3.19. The first kappa shape index (κ1) is 21.7. The van der Waals surface area contributed by atoms with E-state index >= 15 is 4.57 Å². The van der Waals surface area contributed by atoms with Gasteiger partial charge >= 0.3 is 0 Å². The Morgan fingerprint density at radius 3 is 1.72 bits per heavy atom. The maximum atomic E-state index is 15.5. The van der Waals surface area contributed by atoms with Gasteiger partial charge in [-0.25, -0.2) is 0 Å². The van der Waals surface area contributed by atoms with E-state index in [9.17, 15) is 0 Å². The van der Waals surface area contributed by atoms with Crippen molar-refractivity contribution in [3.63, 3.8) is 0 Å². The molecule has 0 aromatic heterocycles. The number of morpholine rings is 1. The highest BCUT2D eigenvalue weighted by molar-refractivity contribution is 9.10. The molecule has 2 aliphatic heterocycles. The molecule has 1 atom stereocenters.